The lowest BCUT2D eigenvalue weighted by Gasteiger charge is -2.53. The van der Waals surface area contributed by atoms with Gasteiger partial charge in [-0.25, -0.2) is 0 Å². The summed E-state index contributed by atoms with van der Waals surface area (Å²) in [6, 6.07) is 0.812. The lowest BCUT2D eigenvalue weighted by Crippen LogP contribution is -2.44. The molecule has 5 aliphatic rings. The zero-order chi connectivity index (χ0) is 13.4. The van der Waals surface area contributed by atoms with Gasteiger partial charge >= 0.3 is 0 Å². The summed E-state index contributed by atoms with van der Waals surface area (Å²) in [4.78, 5) is 0. The van der Waals surface area contributed by atoms with Gasteiger partial charge in [0.15, 0.2) is 0 Å². The van der Waals surface area contributed by atoms with Gasteiger partial charge in [0, 0.05) is 12.6 Å². The van der Waals surface area contributed by atoms with Crippen LogP contribution in [0.5, 0.6) is 0 Å². The first-order chi connectivity index (χ1) is 9.88. The molecule has 0 amide bonds. The van der Waals surface area contributed by atoms with E-state index in [9.17, 15) is 0 Å². The molecule has 5 saturated carbocycles. The summed E-state index contributed by atoms with van der Waals surface area (Å²) in [5.41, 5.74) is 0. The highest BCUT2D eigenvalue weighted by molar-refractivity contribution is 5.05. The van der Waals surface area contributed by atoms with Gasteiger partial charge in [-0.05, 0) is 74.5 Å². The Balaban J connectivity index is 1.27. The summed E-state index contributed by atoms with van der Waals surface area (Å²) >= 11 is 0. The normalized spacial score (nSPS) is 44.5. The van der Waals surface area contributed by atoms with Crippen molar-refractivity contribution in [1.82, 2.24) is 5.32 Å². The predicted molar refractivity (Wildman–Crippen MR) is 84.6 cm³/mol. The largest absolute Gasteiger partial charge is 0.311 e. The number of hydrogen-bond acceptors (Lipinski definition) is 1. The van der Waals surface area contributed by atoms with Crippen molar-refractivity contribution in [1.29, 1.82) is 0 Å². The first kappa shape index (κ1) is 13.4. The molecule has 20 heavy (non-hydrogen) atoms. The highest BCUT2D eigenvalue weighted by Crippen LogP contribution is 2.56. The van der Waals surface area contributed by atoms with Gasteiger partial charge in [0.2, 0.25) is 0 Å². The zero-order valence-corrected chi connectivity index (χ0v) is 12.9. The highest BCUT2D eigenvalue weighted by atomic mass is 14.9. The second-order valence-electron chi connectivity index (χ2n) is 8.18. The van der Waals surface area contributed by atoms with E-state index in [0.29, 0.717) is 0 Å². The fraction of sp³-hybridized carbons (Fsp3) is 0.895. The molecule has 0 aromatic carbocycles. The van der Waals surface area contributed by atoms with E-state index < -0.39 is 0 Å². The van der Waals surface area contributed by atoms with Crippen LogP contribution in [0.3, 0.4) is 0 Å². The monoisotopic (exact) mass is 273 g/mol. The Kier molecular flexibility index (Phi) is 3.90. The molecular weight excluding hydrogens is 242 g/mol. The minimum atomic E-state index is 0.812. The number of allylic oxidation sites excluding steroid dienone is 1. The molecule has 1 N–H and O–H groups in total. The van der Waals surface area contributed by atoms with Gasteiger partial charge in [-0.2, -0.15) is 0 Å². The van der Waals surface area contributed by atoms with Crippen LogP contribution < -0.4 is 5.32 Å². The maximum Gasteiger partial charge on any atom is 0.0137 e. The molecular formula is C19H31N. The summed E-state index contributed by atoms with van der Waals surface area (Å²) in [5, 5.41) is 3.76. The number of rotatable bonds is 4. The van der Waals surface area contributed by atoms with Gasteiger partial charge in [0.25, 0.3) is 0 Å². The van der Waals surface area contributed by atoms with Crippen LogP contribution in [0.4, 0.5) is 0 Å². The molecule has 1 nitrogen and oxygen atoms in total. The molecule has 4 bridgehead atoms. The third-order valence-corrected chi connectivity index (χ3v) is 6.79. The molecule has 5 aliphatic carbocycles. The third kappa shape index (κ3) is 2.71. The molecule has 5 fully saturated rings. The van der Waals surface area contributed by atoms with Crippen molar-refractivity contribution in [2.45, 2.75) is 70.3 Å². The van der Waals surface area contributed by atoms with Gasteiger partial charge < -0.3 is 5.32 Å². The van der Waals surface area contributed by atoms with Crippen LogP contribution >= 0.6 is 0 Å². The molecule has 5 rings (SSSR count). The van der Waals surface area contributed by atoms with Crippen molar-refractivity contribution in [2.24, 2.45) is 29.6 Å². The minimum Gasteiger partial charge on any atom is -0.311 e. The summed E-state index contributed by atoms with van der Waals surface area (Å²) in [6.45, 7) is 1.12. The van der Waals surface area contributed by atoms with Crippen LogP contribution in [0.2, 0.25) is 0 Å². The van der Waals surface area contributed by atoms with E-state index in [2.05, 4.69) is 17.5 Å². The molecule has 1 heteroatoms. The Morgan fingerprint density at radius 3 is 2.10 bits per heavy atom. The summed E-state index contributed by atoms with van der Waals surface area (Å²) in [7, 11) is 0. The Hall–Kier alpha value is -0.300. The average Bonchev–Trinajstić information content (AvgIpc) is 2.46. The first-order valence-corrected chi connectivity index (χ1v) is 9.28. The topological polar surface area (TPSA) is 12.0 Å². The van der Waals surface area contributed by atoms with Crippen molar-refractivity contribution >= 4 is 0 Å². The standard InChI is InChI=1S/C19H31N/c1-2-5-18(6-3-1)20-8-4-7-19-16-10-14-9-15(12-16)13-17(19)11-14/h4,7,14-20H,1-3,5-6,8-13H2/b7-4+. The van der Waals surface area contributed by atoms with Crippen LogP contribution in [0, 0.1) is 29.6 Å². The molecule has 0 unspecified atom stereocenters. The van der Waals surface area contributed by atoms with Crippen LogP contribution in [-0.4, -0.2) is 12.6 Å². The molecule has 0 spiro atoms. The van der Waals surface area contributed by atoms with Gasteiger partial charge in [0.05, 0.1) is 0 Å². The van der Waals surface area contributed by atoms with Gasteiger partial charge in [-0.1, -0.05) is 31.4 Å². The molecule has 0 saturated heterocycles. The van der Waals surface area contributed by atoms with Crippen molar-refractivity contribution in [2.75, 3.05) is 6.54 Å². The molecule has 0 aromatic heterocycles. The molecule has 0 aliphatic heterocycles. The second kappa shape index (κ2) is 5.83. The third-order valence-electron chi connectivity index (χ3n) is 6.79. The van der Waals surface area contributed by atoms with Gasteiger partial charge in [-0.15, -0.1) is 0 Å². The Morgan fingerprint density at radius 2 is 1.45 bits per heavy atom. The van der Waals surface area contributed by atoms with Gasteiger partial charge in [0.1, 0.15) is 0 Å². The lowest BCUT2D eigenvalue weighted by atomic mass is 9.52. The average molecular weight is 273 g/mol. The number of hydrogen-bond donors (Lipinski definition) is 1. The highest BCUT2D eigenvalue weighted by Gasteiger charge is 2.46. The summed E-state index contributed by atoms with van der Waals surface area (Å²) < 4.78 is 0. The Bertz CT molecular complexity index is 325. The fourth-order valence-corrected chi connectivity index (χ4v) is 6.05. The van der Waals surface area contributed by atoms with E-state index in [-0.39, 0.29) is 0 Å². The van der Waals surface area contributed by atoms with Crippen LogP contribution in [0.25, 0.3) is 0 Å². The minimum absolute atomic E-state index is 0.812. The first-order valence-electron chi connectivity index (χ1n) is 9.28. The second-order valence-corrected chi connectivity index (χ2v) is 8.18. The molecule has 0 aromatic rings. The SMILES string of the molecule is C(=C\C1C2CC3CC(C2)CC1C3)/CNC1CCCCC1. The van der Waals surface area contributed by atoms with Crippen molar-refractivity contribution in [3.8, 4) is 0 Å². The maximum absolute atomic E-state index is 3.76. The Morgan fingerprint density at radius 1 is 0.800 bits per heavy atom. The van der Waals surface area contributed by atoms with E-state index in [4.69, 9.17) is 0 Å². The summed E-state index contributed by atoms with van der Waals surface area (Å²) in [6.07, 6.45) is 20.0. The zero-order valence-electron chi connectivity index (χ0n) is 12.9. The Labute approximate surface area is 124 Å². The lowest BCUT2D eigenvalue weighted by molar-refractivity contribution is -0.0162. The smallest absolute Gasteiger partial charge is 0.0137 e. The molecule has 0 radical (unpaired) electrons. The van der Waals surface area contributed by atoms with E-state index in [1.54, 1.807) is 32.1 Å². The van der Waals surface area contributed by atoms with Crippen LogP contribution in [0.15, 0.2) is 12.2 Å². The van der Waals surface area contributed by atoms with Crippen LogP contribution in [-0.2, 0) is 0 Å². The quantitative estimate of drug-likeness (QED) is 0.742. The van der Waals surface area contributed by atoms with Crippen LogP contribution in [0.1, 0.15) is 64.2 Å². The van der Waals surface area contributed by atoms with Crippen molar-refractivity contribution < 1.29 is 0 Å². The number of nitrogens with one attached hydrogen (secondary N) is 1. The summed E-state index contributed by atoms with van der Waals surface area (Å²) in [5.74, 6) is 5.27. The molecule has 0 heterocycles. The molecule has 112 valence electrons. The van der Waals surface area contributed by atoms with E-state index >= 15 is 0 Å². The van der Waals surface area contributed by atoms with E-state index in [1.807, 2.05) is 0 Å². The van der Waals surface area contributed by atoms with Gasteiger partial charge in [-0.3, -0.25) is 0 Å². The maximum atomic E-state index is 3.76. The van der Waals surface area contributed by atoms with E-state index in [1.165, 1.54) is 32.1 Å². The fourth-order valence-electron chi connectivity index (χ4n) is 6.05. The molecule has 0 atom stereocenters. The van der Waals surface area contributed by atoms with E-state index in [0.717, 1.165) is 42.2 Å². The van der Waals surface area contributed by atoms with Crippen molar-refractivity contribution in [3.05, 3.63) is 12.2 Å². The predicted octanol–water partition coefficient (Wildman–Crippen LogP) is 4.54. The van der Waals surface area contributed by atoms with Crippen molar-refractivity contribution in [3.63, 3.8) is 0 Å².